The van der Waals surface area contributed by atoms with Crippen molar-refractivity contribution in [3.63, 3.8) is 0 Å². The fourth-order valence-electron chi connectivity index (χ4n) is 3.57. The molecule has 1 aliphatic rings. The van der Waals surface area contributed by atoms with Gasteiger partial charge in [-0.25, -0.2) is 4.39 Å². The average Bonchev–Trinajstić information content (AvgIpc) is 2.70. The molecule has 5 nitrogen and oxygen atoms in total. The third-order valence-electron chi connectivity index (χ3n) is 5.12. The van der Waals surface area contributed by atoms with Crippen LogP contribution in [-0.2, 0) is 5.54 Å². The Balaban J connectivity index is 1.85. The number of rotatable bonds is 3. The van der Waals surface area contributed by atoms with Gasteiger partial charge in [0.1, 0.15) is 11.6 Å². The van der Waals surface area contributed by atoms with E-state index in [4.69, 9.17) is 4.74 Å². The van der Waals surface area contributed by atoms with Crippen LogP contribution in [0.5, 0.6) is 5.75 Å². The van der Waals surface area contributed by atoms with Crippen molar-refractivity contribution in [2.24, 2.45) is 0 Å². The van der Waals surface area contributed by atoms with E-state index >= 15 is 0 Å². The summed E-state index contributed by atoms with van der Waals surface area (Å²) in [6.07, 6.45) is 1.81. The van der Waals surface area contributed by atoms with Crippen molar-refractivity contribution in [3.8, 4) is 5.75 Å². The first-order valence-corrected chi connectivity index (χ1v) is 9.00. The Kier molecular flexibility index (Phi) is 4.47. The van der Waals surface area contributed by atoms with E-state index in [2.05, 4.69) is 10.3 Å². The van der Waals surface area contributed by atoms with E-state index in [1.807, 2.05) is 30.3 Å². The summed E-state index contributed by atoms with van der Waals surface area (Å²) in [5, 5.41) is 3.08. The standard InChI is InChI=1S/C22H19FN2O3/c1-14-6-8-16(12-18(14)23)22(10-11-28-19-5-3-2-4-17(19)22)25-21(27)15-7-9-20(26)24-13-15/h2-9,12-13H,10-11H2,1H3,(H,24,26)(H,25,27)/t22-/m0/s1. The third kappa shape index (κ3) is 3.07. The lowest BCUT2D eigenvalue weighted by Crippen LogP contribution is -2.49. The molecule has 1 aromatic heterocycles. The van der Waals surface area contributed by atoms with Crippen molar-refractivity contribution < 1.29 is 13.9 Å². The SMILES string of the molecule is Cc1ccc([C@@]2(NC(=O)c3ccc(=O)[nH]c3)CCOc3ccccc32)cc1F. The molecule has 1 amide bonds. The van der Waals surface area contributed by atoms with Crippen molar-refractivity contribution in [1.82, 2.24) is 10.3 Å². The highest BCUT2D eigenvalue weighted by molar-refractivity contribution is 5.94. The fraction of sp³-hybridized carbons (Fsp3) is 0.182. The molecule has 28 heavy (non-hydrogen) atoms. The lowest BCUT2D eigenvalue weighted by Gasteiger charge is -2.40. The number of carbonyl (C=O) groups excluding carboxylic acids is 1. The predicted octanol–water partition coefficient (Wildman–Crippen LogP) is 3.28. The number of para-hydroxylation sites is 1. The van der Waals surface area contributed by atoms with Gasteiger partial charge in [0, 0.05) is 24.2 Å². The Morgan fingerprint density at radius 1 is 1.18 bits per heavy atom. The number of amides is 1. The van der Waals surface area contributed by atoms with Crippen molar-refractivity contribution >= 4 is 5.91 Å². The van der Waals surface area contributed by atoms with Crippen LogP contribution < -0.4 is 15.6 Å². The van der Waals surface area contributed by atoms with Gasteiger partial charge in [0.15, 0.2) is 0 Å². The van der Waals surface area contributed by atoms with E-state index in [0.717, 1.165) is 5.56 Å². The molecule has 0 saturated heterocycles. The molecule has 3 aromatic rings. The number of pyridine rings is 1. The number of fused-ring (bicyclic) bond motifs is 1. The van der Waals surface area contributed by atoms with Crippen LogP contribution >= 0.6 is 0 Å². The number of H-pyrrole nitrogens is 1. The van der Waals surface area contributed by atoms with Gasteiger partial charge < -0.3 is 15.0 Å². The Labute approximate surface area is 161 Å². The zero-order valence-corrected chi connectivity index (χ0v) is 15.3. The van der Waals surface area contributed by atoms with Crippen LogP contribution in [0, 0.1) is 12.7 Å². The minimum Gasteiger partial charge on any atom is -0.493 e. The highest BCUT2D eigenvalue weighted by atomic mass is 19.1. The van der Waals surface area contributed by atoms with Gasteiger partial charge >= 0.3 is 0 Å². The summed E-state index contributed by atoms with van der Waals surface area (Å²) in [6.45, 7) is 2.07. The molecule has 0 unspecified atom stereocenters. The van der Waals surface area contributed by atoms with Gasteiger partial charge in [-0.05, 0) is 36.2 Å². The van der Waals surface area contributed by atoms with Gasteiger partial charge in [0.25, 0.3) is 5.91 Å². The van der Waals surface area contributed by atoms with Crippen molar-refractivity contribution in [2.45, 2.75) is 18.9 Å². The van der Waals surface area contributed by atoms with Crippen LogP contribution in [0.1, 0.15) is 33.5 Å². The Morgan fingerprint density at radius 2 is 2.00 bits per heavy atom. The van der Waals surface area contributed by atoms with Crippen LogP contribution in [0.15, 0.2) is 65.6 Å². The smallest absolute Gasteiger partial charge is 0.253 e. The van der Waals surface area contributed by atoms with Crippen LogP contribution in [-0.4, -0.2) is 17.5 Å². The van der Waals surface area contributed by atoms with E-state index in [-0.39, 0.29) is 17.3 Å². The summed E-state index contributed by atoms with van der Waals surface area (Å²) in [4.78, 5) is 26.8. The molecule has 0 fully saturated rings. The number of hydrogen-bond donors (Lipinski definition) is 2. The molecule has 2 aromatic carbocycles. The maximum Gasteiger partial charge on any atom is 0.253 e. The first kappa shape index (κ1) is 18.0. The van der Waals surface area contributed by atoms with Gasteiger partial charge in [0.2, 0.25) is 5.56 Å². The molecular formula is C22H19FN2O3. The number of benzene rings is 2. The fourth-order valence-corrected chi connectivity index (χ4v) is 3.57. The molecule has 2 N–H and O–H groups in total. The highest BCUT2D eigenvalue weighted by Crippen LogP contribution is 2.42. The van der Waals surface area contributed by atoms with Crippen LogP contribution in [0.3, 0.4) is 0 Å². The number of nitrogens with one attached hydrogen (secondary N) is 2. The van der Waals surface area contributed by atoms with Crippen molar-refractivity contribution in [2.75, 3.05) is 6.61 Å². The predicted molar refractivity (Wildman–Crippen MR) is 103 cm³/mol. The van der Waals surface area contributed by atoms with Crippen LogP contribution in [0.25, 0.3) is 0 Å². The van der Waals surface area contributed by atoms with Gasteiger partial charge in [-0.15, -0.1) is 0 Å². The molecular weight excluding hydrogens is 359 g/mol. The monoisotopic (exact) mass is 378 g/mol. The summed E-state index contributed by atoms with van der Waals surface area (Å²) in [5.41, 5.74) is 1.02. The molecule has 1 aliphatic heterocycles. The van der Waals surface area contributed by atoms with E-state index in [0.29, 0.717) is 35.5 Å². The first-order chi connectivity index (χ1) is 13.5. The molecule has 0 spiro atoms. The molecule has 2 heterocycles. The van der Waals surface area contributed by atoms with Gasteiger partial charge in [-0.2, -0.15) is 0 Å². The number of ether oxygens (including phenoxy) is 1. The minimum atomic E-state index is -0.948. The maximum absolute atomic E-state index is 14.4. The third-order valence-corrected chi connectivity index (χ3v) is 5.12. The molecule has 4 rings (SSSR count). The van der Waals surface area contributed by atoms with E-state index in [9.17, 15) is 14.0 Å². The average molecular weight is 378 g/mol. The highest BCUT2D eigenvalue weighted by Gasteiger charge is 2.41. The topological polar surface area (TPSA) is 71.2 Å². The lowest BCUT2D eigenvalue weighted by atomic mass is 9.78. The number of carbonyl (C=O) groups is 1. The van der Waals surface area contributed by atoms with Crippen molar-refractivity contribution in [3.05, 3.63) is 99.2 Å². The largest absolute Gasteiger partial charge is 0.493 e. The first-order valence-electron chi connectivity index (χ1n) is 9.00. The second kappa shape index (κ2) is 6.96. The summed E-state index contributed by atoms with van der Waals surface area (Å²) in [6, 6.07) is 15.2. The Hall–Kier alpha value is -3.41. The number of aromatic amines is 1. The van der Waals surface area contributed by atoms with Gasteiger partial charge in [0.05, 0.1) is 17.7 Å². The second-order valence-corrected chi connectivity index (χ2v) is 6.86. The molecule has 0 saturated carbocycles. The quantitative estimate of drug-likeness (QED) is 0.735. The summed E-state index contributed by atoms with van der Waals surface area (Å²) >= 11 is 0. The summed E-state index contributed by atoms with van der Waals surface area (Å²) < 4.78 is 20.2. The van der Waals surface area contributed by atoms with Crippen LogP contribution in [0.2, 0.25) is 0 Å². The van der Waals surface area contributed by atoms with E-state index < -0.39 is 5.54 Å². The molecule has 0 bridgehead atoms. The number of hydrogen-bond acceptors (Lipinski definition) is 3. The molecule has 142 valence electrons. The minimum absolute atomic E-state index is 0.289. The van der Waals surface area contributed by atoms with Gasteiger partial charge in [-0.1, -0.05) is 30.3 Å². The van der Waals surface area contributed by atoms with Crippen LogP contribution in [0.4, 0.5) is 4.39 Å². The Morgan fingerprint density at radius 3 is 2.75 bits per heavy atom. The van der Waals surface area contributed by atoms with Crippen molar-refractivity contribution in [1.29, 1.82) is 0 Å². The number of aromatic nitrogens is 1. The maximum atomic E-state index is 14.4. The zero-order chi connectivity index (χ0) is 19.7. The molecule has 1 atom stereocenters. The summed E-state index contributed by atoms with van der Waals surface area (Å²) in [7, 11) is 0. The van der Waals surface area contributed by atoms with E-state index in [1.165, 1.54) is 24.4 Å². The summed E-state index contributed by atoms with van der Waals surface area (Å²) in [5.74, 6) is -0.0513. The number of halogens is 1. The second-order valence-electron chi connectivity index (χ2n) is 6.86. The zero-order valence-electron chi connectivity index (χ0n) is 15.3. The van der Waals surface area contributed by atoms with Gasteiger partial charge in [-0.3, -0.25) is 9.59 Å². The molecule has 6 heteroatoms. The molecule has 0 aliphatic carbocycles. The lowest BCUT2D eigenvalue weighted by molar-refractivity contribution is 0.0887. The van der Waals surface area contributed by atoms with E-state index in [1.54, 1.807) is 13.0 Å². The Bertz CT molecular complexity index is 1090. The number of aryl methyl sites for hydroxylation is 1. The molecule has 0 radical (unpaired) electrons. The normalized spacial score (nSPS) is 18.1.